The number of fused-ring (bicyclic) bond motifs is 4. The SMILES string of the molecule is Cc1cc(C)c2c(n1)oc1c(-c3nc4ccccc4n3C(C)(C)C)ccnc12. The highest BCUT2D eigenvalue weighted by Crippen LogP contribution is 2.38. The molecule has 0 radical (unpaired) electrons. The van der Waals surface area contributed by atoms with Gasteiger partial charge in [-0.15, -0.1) is 0 Å². The van der Waals surface area contributed by atoms with Gasteiger partial charge in [0.1, 0.15) is 11.3 Å². The number of benzene rings is 1. The molecule has 5 rings (SSSR count). The van der Waals surface area contributed by atoms with E-state index >= 15 is 0 Å². The molecule has 5 heteroatoms. The van der Waals surface area contributed by atoms with Crippen molar-refractivity contribution < 1.29 is 4.42 Å². The lowest BCUT2D eigenvalue weighted by molar-refractivity contribution is 0.413. The van der Waals surface area contributed by atoms with Crippen LogP contribution < -0.4 is 0 Å². The molecule has 4 heterocycles. The number of aromatic nitrogens is 4. The fraction of sp³-hybridized carbons (Fsp3) is 0.261. The maximum absolute atomic E-state index is 6.24. The average molecular weight is 370 g/mol. The van der Waals surface area contributed by atoms with Crippen molar-refractivity contribution in [2.24, 2.45) is 0 Å². The first-order valence-electron chi connectivity index (χ1n) is 9.48. The van der Waals surface area contributed by atoms with Crippen molar-refractivity contribution in [3.05, 3.63) is 53.9 Å². The lowest BCUT2D eigenvalue weighted by Gasteiger charge is -2.24. The number of rotatable bonds is 1. The van der Waals surface area contributed by atoms with Gasteiger partial charge in [-0.05, 0) is 64.4 Å². The molecular formula is C23H22N4O. The van der Waals surface area contributed by atoms with Crippen LogP contribution in [-0.2, 0) is 5.54 Å². The van der Waals surface area contributed by atoms with E-state index in [9.17, 15) is 0 Å². The van der Waals surface area contributed by atoms with Crippen LogP contribution in [0.5, 0.6) is 0 Å². The van der Waals surface area contributed by atoms with Gasteiger partial charge in [-0.1, -0.05) is 12.1 Å². The molecule has 0 atom stereocenters. The molecule has 0 saturated heterocycles. The molecule has 140 valence electrons. The Morgan fingerprint density at radius 1 is 1.00 bits per heavy atom. The largest absolute Gasteiger partial charge is 0.435 e. The molecule has 5 aromatic rings. The maximum Gasteiger partial charge on any atom is 0.229 e. The molecule has 1 aromatic carbocycles. The van der Waals surface area contributed by atoms with Gasteiger partial charge in [0.05, 0.1) is 22.0 Å². The Morgan fingerprint density at radius 2 is 1.79 bits per heavy atom. The number of furan rings is 1. The number of para-hydroxylation sites is 2. The number of hydrogen-bond acceptors (Lipinski definition) is 4. The molecule has 0 bridgehead atoms. The molecule has 0 fully saturated rings. The minimum absolute atomic E-state index is 0.141. The van der Waals surface area contributed by atoms with E-state index in [1.165, 1.54) is 0 Å². The minimum atomic E-state index is -0.141. The van der Waals surface area contributed by atoms with Gasteiger partial charge in [-0.3, -0.25) is 4.98 Å². The summed E-state index contributed by atoms with van der Waals surface area (Å²) in [5.41, 5.74) is 7.14. The van der Waals surface area contributed by atoms with Crippen LogP contribution >= 0.6 is 0 Å². The van der Waals surface area contributed by atoms with Crippen molar-refractivity contribution in [2.45, 2.75) is 40.2 Å². The summed E-state index contributed by atoms with van der Waals surface area (Å²) in [5.74, 6) is 0.884. The van der Waals surface area contributed by atoms with E-state index in [0.29, 0.717) is 5.71 Å². The molecule has 5 nitrogen and oxygen atoms in total. The summed E-state index contributed by atoms with van der Waals surface area (Å²) in [7, 11) is 0. The fourth-order valence-electron chi connectivity index (χ4n) is 4.05. The van der Waals surface area contributed by atoms with Gasteiger partial charge in [0.2, 0.25) is 5.71 Å². The van der Waals surface area contributed by atoms with E-state index in [1.807, 2.05) is 31.3 Å². The highest BCUT2D eigenvalue weighted by molar-refractivity contribution is 6.07. The molecular weight excluding hydrogens is 348 g/mol. The minimum Gasteiger partial charge on any atom is -0.435 e. The average Bonchev–Trinajstić information content (AvgIpc) is 3.18. The Hall–Kier alpha value is -3.21. The van der Waals surface area contributed by atoms with E-state index in [0.717, 1.165) is 50.2 Å². The highest BCUT2D eigenvalue weighted by atomic mass is 16.3. The first kappa shape index (κ1) is 16.9. The van der Waals surface area contributed by atoms with Gasteiger partial charge in [-0.25, -0.2) is 9.97 Å². The quantitative estimate of drug-likeness (QED) is 0.376. The summed E-state index contributed by atoms with van der Waals surface area (Å²) in [4.78, 5) is 14.2. The third-order valence-electron chi connectivity index (χ3n) is 5.12. The Balaban J connectivity index is 1.92. The van der Waals surface area contributed by atoms with Gasteiger partial charge < -0.3 is 8.98 Å². The van der Waals surface area contributed by atoms with Gasteiger partial charge in [0.15, 0.2) is 5.58 Å². The Bertz CT molecular complexity index is 1370. The third kappa shape index (κ3) is 2.35. The van der Waals surface area contributed by atoms with Crippen molar-refractivity contribution >= 4 is 33.2 Å². The second-order valence-corrected chi connectivity index (χ2v) is 8.33. The topological polar surface area (TPSA) is 56.7 Å². The molecule has 0 N–H and O–H groups in total. The van der Waals surface area contributed by atoms with Crippen LogP contribution in [0.15, 0.2) is 47.0 Å². The van der Waals surface area contributed by atoms with Crippen LogP contribution in [0, 0.1) is 13.8 Å². The monoisotopic (exact) mass is 370 g/mol. The second kappa shape index (κ2) is 5.64. The fourth-order valence-corrected chi connectivity index (χ4v) is 4.05. The molecule has 0 saturated carbocycles. The predicted octanol–water partition coefficient (Wildman–Crippen LogP) is 5.76. The Kier molecular flexibility index (Phi) is 3.41. The summed E-state index contributed by atoms with van der Waals surface area (Å²) in [6.07, 6.45) is 1.83. The molecule has 0 aliphatic heterocycles. The van der Waals surface area contributed by atoms with E-state index in [1.54, 1.807) is 0 Å². The van der Waals surface area contributed by atoms with Crippen LogP contribution in [0.1, 0.15) is 32.0 Å². The first-order chi connectivity index (χ1) is 13.3. The Labute approximate surface area is 163 Å². The first-order valence-corrected chi connectivity index (χ1v) is 9.48. The molecule has 0 amide bonds. The summed E-state index contributed by atoms with van der Waals surface area (Å²) in [6, 6.07) is 12.3. The smallest absolute Gasteiger partial charge is 0.229 e. The van der Waals surface area contributed by atoms with Gasteiger partial charge in [0.25, 0.3) is 0 Å². The summed E-state index contributed by atoms with van der Waals surface area (Å²) in [5, 5.41) is 0.973. The zero-order valence-electron chi connectivity index (χ0n) is 16.7. The van der Waals surface area contributed by atoms with Gasteiger partial charge >= 0.3 is 0 Å². The van der Waals surface area contributed by atoms with E-state index < -0.39 is 0 Å². The lowest BCUT2D eigenvalue weighted by atomic mass is 10.1. The van der Waals surface area contributed by atoms with Crippen molar-refractivity contribution in [3.63, 3.8) is 0 Å². The van der Waals surface area contributed by atoms with Crippen LogP contribution in [0.3, 0.4) is 0 Å². The van der Waals surface area contributed by atoms with E-state index in [2.05, 4.69) is 60.4 Å². The van der Waals surface area contributed by atoms with Crippen LogP contribution in [0.25, 0.3) is 44.6 Å². The van der Waals surface area contributed by atoms with Crippen LogP contribution in [0.4, 0.5) is 0 Å². The zero-order valence-corrected chi connectivity index (χ0v) is 16.7. The normalized spacial score (nSPS) is 12.5. The molecule has 0 unspecified atom stereocenters. The van der Waals surface area contributed by atoms with Gasteiger partial charge in [0, 0.05) is 17.4 Å². The summed E-state index contributed by atoms with van der Waals surface area (Å²) in [6.45, 7) is 10.6. The number of pyridine rings is 2. The Morgan fingerprint density at radius 3 is 2.57 bits per heavy atom. The van der Waals surface area contributed by atoms with Crippen LogP contribution in [0.2, 0.25) is 0 Å². The van der Waals surface area contributed by atoms with Crippen LogP contribution in [-0.4, -0.2) is 19.5 Å². The number of hydrogen-bond donors (Lipinski definition) is 0. The second-order valence-electron chi connectivity index (χ2n) is 8.33. The lowest BCUT2D eigenvalue weighted by Crippen LogP contribution is -2.22. The standard InChI is InChI=1S/C23H22N4O/c1-13-12-14(2)25-22-18(13)19-20(28-22)15(10-11-24-19)21-26-16-8-6-7-9-17(16)27(21)23(3,4)5/h6-12H,1-5H3. The number of imidazole rings is 1. The predicted molar refractivity (Wildman–Crippen MR) is 113 cm³/mol. The van der Waals surface area contributed by atoms with E-state index in [-0.39, 0.29) is 5.54 Å². The molecule has 4 aromatic heterocycles. The summed E-state index contributed by atoms with van der Waals surface area (Å²) < 4.78 is 8.51. The molecule has 0 aliphatic carbocycles. The molecule has 0 spiro atoms. The van der Waals surface area contributed by atoms with Crippen molar-refractivity contribution in [1.82, 2.24) is 19.5 Å². The number of nitrogens with zero attached hydrogens (tertiary/aromatic N) is 4. The zero-order chi connectivity index (χ0) is 19.6. The number of aryl methyl sites for hydroxylation is 2. The van der Waals surface area contributed by atoms with Gasteiger partial charge in [-0.2, -0.15) is 0 Å². The molecule has 28 heavy (non-hydrogen) atoms. The summed E-state index contributed by atoms with van der Waals surface area (Å²) >= 11 is 0. The van der Waals surface area contributed by atoms with Crippen molar-refractivity contribution in [2.75, 3.05) is 0 Å². The molecule has 0 aliphatic rings. The third-order valence-corrected chi connectivity index (χ3v) is 5.12. The van der Waals surface area contributed by atoms with E-state index in [4.69, 9.17) is 9.40 Å². The van der Waals surface area contributed by atoms with Crippen molar-refractivity contribution in [1.29, 1.82) is 0 Å². The maximum atomic E-state index is 6.24. The highest BCUT2D eigenvalue weighted by Gasteiger charge is 2.25. The van der Waals surface area contributed by atoms with Crippen molar-refractivity contribution in [3.8, 4) is 11.4 Å².